The number of carbonyl (C=O) groups excluding carboxylic acids is 2. The zero-order valence-electron chi connectivity index (χ0n) is 13.9. The van der Waals surface area contributed by atoms with E-state index >= 15 is 0 Å². The van der Waals surface area contributed by atoms with Crippen molar-refractivity contribution in [1.82, 2.24) is 9.88 Å². The van der Waals surface area contributed by atoms with E-state index in [-0.39, 0.29) is 0 Å². The molecular formula is C18H19ClN4O2. The molecule has 1 aromatic heterocycles. The van der Waals surface area contributed by atoms with Crippen molar-refractivity contribution in [1.29, 1.82) is 0 Å². The smallest absolute Gasteiger partial charge is 0.313 e. The number of aromatic nitrogens is 1. The molecule has 1 aliphatic heterocycles. The third kappa shape index (κ3) is 4.09. The van der Waals surface area contributed by atoms with Crippen molar-refractivity contribution in [3.8, 4) is 0 Å². The summed E-state index contributed by atoms with van der Waals surface area (Å²) in [7, 11) is 0. The van der Waals surface area contributed by atoms with Gasteiger partial charge in [-0.1, -0.05) is 23.7 Å². The van der Waals surface area contributed by atoms with Crippen molar-refractivity contribution in [3.63, 3.8) is 0 Å². The Kier molecular flexibility index (Phi) is 5.19. The number of nitrogens with zero attached hydrogens (tertiary/aromatic N) is 3. The number of carbonyl (C=O) groups is 2. The van der Waals surface area contributed by atoms with Gasteiger partial charge in [0.05, 0.1) is 0 Å². The lowest BCUT2D eigenvalue weighted by Crippen LogP contribution is -2.51. The van der Waals surface area contributed by atoms with Crippen LogP contribution in [0.1, 0.15) is 5.56 Å². The summed E-state index contributed by atoms with van der Waals surface area (Å²) in [5.41, 5.74) is 1.41. The van der Waals surface area contributed by atoms with Crippen molar-refractivity contribution >= 4 is 34.9 Å². The molecular weight excluding hydrogens is 340 g/mol. The van der Waals surface area contributed by atoms with Crippen LogP contribution in [0.3, 0.4) is 0 Å². The lowest BCUT2D eigenvalue weighted by atomic mass is 10.2. The molecule has 0 spiro atoms. The fourth-order valence-corrected chi connectivity index (χ4v) is 2.90. The van der Waals surface area contributed by atoms with Gasteiger partial charge in [-0.15, -0.1) is 0 Å². The van der Waals surface area contributed by atoms with Crippen LogP contribution in [0.15, 0.2) is 42.6 Å². The molecule has 0 bridgehead atoms. The number of benzene rings is 1. The van der Waals surface area contributed by atoms with Gasteiger partial charge in [0, 0.05) is 43.1 Å². The van der Waals surface area contributed by atoms with Gasteiger partial charge in [-0.25, -0.2) is 4.98 Å². The van der Waals surface area contributed by atoms with Crippen molar-refractivity contribution < 1.29 is 9.59 Å². The molecule has 1 aromatic carbocycles. The van der Waals surface area contributed by atoms with E-state index in [2.05, 4.69) is 15.2 Å². The van der Waals surface area contributed by atoms with Gasteiger partial charge in [0.1, 0.15) is 5.82 Å². The lowest BCUT2D eigenvalue weighted by Gasteiger charge is -2.35. The highest BCUT2D eigenvalue weighted by atomic mass is 35.5. The Hall–Kier alpha value is -2.60. The van der Waals surface area contributed by atoms with Crippen molar-refractivity contribution in [2.75, 3.05) is 36.4 Å². The minimum atomic E-state index is -0.642. The molecule has 7 heteroatoms. The Morgan fingerprint density at radius 3 is 2.56 bits per heavy atom. The molecule has 130 valence electrons. The second-order valence-electron chi connectivity index (χ2n) is 5.88. The van der Waals surface area contributed by atoms with Gasteiger partial charge >= 0.3 is 11.8 Å². The Labute approximate surface area is 151 Å². The van der Waals surface area contributed by atoms with Crippen molar-refractivity contribution in [2.45, 2.75) is 6.92 Å². The zero-order valence-corrected chi connectivity index (χ0v) is 14.7. The van der Waals surface area contributed by atoms with E-state index in [9.17, 15) is 9.59 Å². The third-order valence-electron chi connectivity index (χ3n) is 4.18. The van der Waals surface area contributed by atoms with E-state index in [4.69, 9.17) is 11.6 Å². The Bertz CT molecular complexity index is 774. The summed E-state index contributed by atoms with van der Waals surface area (Å²) in [6.45, 7) is 4.11. The molecule has 2 heterocycles. The SMILES string of the molecule is Cc1ccc(Cl)cc1NC(=O)C(=O)N1CCN(c2ccccn2)CC1. The van der Waals surface area contributed by atoms with Gasteiger partial charge < -0.3 is 15.1 Å². The normalized spacial score (nSPS) is 14.3. The average Bonchev–Trinajstić information content (AvgIpc) is 2.65. The monoisotopic (exact) mass is 358 g/mol. The molecule has 6 nitrogen and oxygen atoms in total. The predicted octanol–water partition coefficient (Wildman–Crippen LogP) is 2.33. The first-order chi connectivity index (χ1) is 12.0. The molecule has 0 aliphatic carbocycles. The molecule has 1 fully saturated rings. The first-order valence-electron chi connectivity index (χ1n) is 8.07. The van der Waals surface area contributed by atoms with Gasteiger partial charge in [-0.2, -0.15) is 0 Å². The summed E-state index contributed by atoms with van der Waals surface area (Å²) in [5.74, 6) is -0.287. The largest absolute Gasteiger partial charge is 0.353 e. The van der Waals surface area contributed by atoms with Gasteiger partial charge in [-0.05, 0) is 36.8 Å². The van der Waals surface area contributed by atoms with E-state index in [0.717, 1.165) is 11.4 Å². The van der Waals surface area contributed by atoms with E-state index in [1.54, 1.807) is 29.3 Å². The number of hydrogen-bond acceptors (Lipinski definition) is 4. The summed E-state index contributed by atoms with van der Waals surface area (Å²) in [5, 5.41) is 3.16. The van der Waals surface area contributed by atoms with E-state index in [0.29, 0.717) is 36.9 Å². The molecule has 25 heavy (non-hydrogen) atoms. The number of rotatable bonds is 2. The Morgan fingerprint density at radius 2 is 1.88 bits per heavy atom. The van der Waals surface area contributed by atoms with Crippen LogP contribution in [0.25, 0.3) is 0 Å². The highest BCUT2D eigenvalue weighted by Crippen LogP contribution is 2.20. The number of hydrogen-bond donors (Lipinski definition) is 1. The highest BCUT2D eigenvalue weighted by molar-refractivity contribution is 6.39. The maximum absolute atomic E-state index is 12.4. The number of pyridine rings is 1. The summed E-state index contributed by atoms with van der Waals surface area (Å²) in [6.07, 6.45) is 1.74. The second kappa shape index (κ2) is 7.53. The summed E-state index contributed by atoms with van der Waals surface area (Å²) < 4.78 is 0. The number of anilines is 2. The van der Waals surface area contributed by atoms with Gasteiger partial charge in [0.25, 0.3) is 0 Å². The standard InChI is InChI=1S/C18H19ClN4O2/c1-13-5-6-14(19)12-15(13)21-17(24)18(25)23-10-8-22(9-11-23)16-4-2-3-7-20-16/h2-7,12H,8-11H2,1H3,(H,21,24). The summed E-state index contributed by atoms with van der Waals surface area (Å²) in [6, 6.07) is 10.9. The molecule has 0 saturated carbocycles. The fraction of sp³-hybridized carbons (Fsp3) is 0.278. The number of piperazine rings is 1. The summed E-state index contributed by atoms with van der Waals surface area (Å²) >= 11 is 5.94. The quantitative estimate of drug-likeness (QED) is 0.837. The van der Waals surface area contributed by atoms with Crippen LogP contribution in [0.2, 0.25) is 5.02 Å². The highest BCUT2D eigenvalue weighted by Gasteiger charge is 2.26. The van der Waals surface area contributed by atoms with Gasteiger partial charge in [-0.3, -0.25) is 9.59 Å². The molecule has 0 unspecified atom stereocenters. The van der Waals surface area contributed by atoms with E-state index in [1.165, 1.54) is 0 Å². The van der Waals surface area contributed by atoms with Crippen LogP contribution >= 0.6 is 11.6 Å². The molecule has 0 radical (unpaired) electrons. The topological polar surface area (TPSA) is 65.5 Å². The van der Waals surface area contributed by atoms with Crippen molar-refractivity contribution in [3.05, 3.63) is 53.2 Å². The van der Waals surface area contributed by atoms with Gasteiger partial charge in [0.2, 0.25) is 0 Å². The maximum Gasteiger partial charge on any atom is 0.313 e. The van der Waals surface area contributed by atoms with Crippen LogP contribution in [0.5, 0.6) is 0 Å². The number of halogens is 1. The average molecular weight is 359 g/mol. The van der Waals surface area contributed by atoms with Gasteiger partial charge in [0.15, 0.2) is 0 Å². The molecule has 3 rings (SSSR count). The molecule has 1 aliphatic rings. The second-order valence-corrected chi connectivity index (χ2v) is 6.32. The van der Waals surface area contributed by atoms with E-state index in [1.807, 2.05) is 25.1 Å². The Morgan fingerprint density at radius 1 is 1.12 bits per heavy atom. The maximum atomic E-state index is 12.4. The van der Waals surface area contributed by atoms with Crippen LogP contribution in [0, 0.1) is 6.92 Å². The molecule has 1 saturated heterocycles. The van der Waals surface area contributed by atoms with Crippen LogP contribution in [0.4, 0.5) is 11.5 Å². The Balaban J connectivity index is 1.58. The molecule has 2 aromatic rings. The van der Waals surface area contributed by atoms with Crippen LogP contribution < -0.4 is 10.2 Å². The fourth-order valence-electron chi connectivity index (χ4n) is 2.73. The van der Waals surface area contributed by atoms with Crippen LogP contribution in [-0.2, 0) is 9.59 Å². The molecule has 0 atom stereocenters. The number of aryl methyl sites for hydroxylation is 1. The minimum Gasteiger partial charge on any atom is -0.353 e. The minimum absolute atomic E-state index is 0.483. The third-order valence-corrected chi connectivity index (χ3v) is 4.42. The van der Waals surface area contributed by atoms with Crippen LogP contribution in [-0.4, -0.2) is 47.9 Å². The first kappa shape index (κ1) is 17.2. The predicted molar refractivity (Wildman–Crippen MR) is 97.8 cm³/mol. The summed E-state index contributed by atoms with van der Waals surface area (Å²) in [4.78, 5) is 32.6. The number of nitrogens with one attached hydrogen (secondary N) is 1. The first-order valence-corrected chi connectivity index (χ1v) is 8.45. The van der Waals surface area contributed by atoms with E-state index < -0.39 is 11.8 Å². The zero-order chi connectivity index (χ0) is 17.8. The molecule has 1 N–H and O–H groups in total. The number of amides is 2. The molecule has 2 amide bonds. The lowest BCUT2D eigenvalue weighted by molar-refractivity contribution is -0.143. The van der Waals surface area contributed by atoms with Crippen molar-refractivity contribution in [2.24, 2.45) is 0 Å².